The molecular formula is C41H43FN6O8S2. The minimum Gasteiger partial charge on any atom is -0.491 e. The number of hydrogen-bond donors (Lipinski definition) is 3. The second kappa shape index (κ2) is 15.7. The summed E-state index contributed by atoms with van der Waals surface area (Å²) in [6, 6.07) is 9.93. The van der Waals surface area contributed by atoms with Gasteiger partial charge in [-0.15, -0.1) is 11.3 Å². The Kier molecular flexibility index (Phi) is 10.7. The number of fused-ring (bicyclic) bond motifs is 3. The zero-order valence-electron chi connectivity index (χ0n) is 31.7. The number of aromatic nitrogens is 2. The van der Waals surface area contributed by atoms with Gasteiger partial charge in [-0.3, -0.25) is 28.7 Å². The van der Waals surface area contributed by atoms with Gasteiger partial charge >= 0.3 is 5.56 Å². The van der Waals surface area contributed by atoms with Crippen molar-refractivity contribution < 1.29 is 36.7 Å². The van der Waals surface area contributed by atoms with E-state index in [2.05, 4.69) is 20.5 Å². The molecule has 8 rings (SSSR count). The molecule has 4 amide bonds. The van der Waals surface area contributed by atoms with Gasteiger partial charge in [-0.25, -0.2) is 17.5 Å². The Morgan fingerprint density at radius 1 is 1.00 bits per heavy atom. The molecule has 2 saturated carbocycles. The van der Waals surface area contributed by atoms with Gasteiger partial charge in [0.1, 0.15) is 23.4 Å². The number of hydrogen-bond acceptors (Lipinski definition) is 10. The van der Waals surface area contributed by atoms with E-state index >= 15 is 0 Å². The molecule has 2 aliphatic heterocycles. The number of sulfonamides is 1. The van der Waals surface area contributed by atoms with E-state index < -0.39 is 79.9 Å². The lowest BCUT2D eigenvalue weighted by Gasteiger charge is -2.30. The summed E-state index contributed by atoms with van der Waals surface area (Å²) in [4.78, 5) is 72.3. The Labute approximate surface area is 337 Å². The van der Waals surface area contributed by atoms with Crippen molar-refractivity contribution >= 4 is 55.8 Å². The van der Waals surface area contributed by atoms with Crippen LogP contribution in [0.25, 0.3) is 21.9 Å². The average Bonchev–Trinajstić information content (AvgIpc) is 4.06. The van der Waals surface area contributed by atoms with Crippen molar-refractivity contribution in [1.82, 2.24) is 30.0 Å². The summed E-state index contributed by atoms with van der Waals surface area (Å²) in [5, 5.41) is 12.2. The highest BCUT2D eigenvalue weighted by Crippen LogP contribution is 2.46. The average molecular weight is 831 g/mol. The Bertz CT molecular complexity index is 2490. The van der Waals surface area contributed by atoms with Crippen LogP contribution in [0.5, 0.6) is 5.75 Å². The molecule has 4 aromatic rings. The molecule has 5 atom stereocenters. The molecule has 2 aromatic heterocycles. The molecule has 0 bridgehead atoms. The quantitative estimate of drug-likeness (QED) is 0.219. The maximum Gasteiger partial charge on any atom is 0.310 e. The van der Waals surface area contributed by atoms with E-state index in [1.807, 2.05) is 12.2 Å². The van der Waals surface area contributed by atoms with Crippen molar-refractivity contribution in [1.29, 1.82) is 0 Å². The predicted octanol–water partition coefficient (Wildman–Crippen LogP) is 4.22. The lowest BCUT2D eigenvalue weighted by atomic mass is 9.99. The van der Waals surface area contributed by atoms with E-state index in [1.54, 1.807) is 47.8 Å². The lowest BCUT2D eigenvalue weighted by molar-refractivity contribution is -0.141. The zero-order chi connectivity index (χ0) is 40.8. The van der Waals surface area contributed by atoms with E-state index in [4.69, 9.17) is 4.74 Å². The number of halogens is 1. The summed E-state index contributed by atoms with van der Waals surface area (Å²) in [5.74, 6) is -3.53. The van der Waals surface area contributed by atoms with Crippen LogP contribution in [-0.4, -0.2) is 83.3 Å². The molecule has 1 saturated heterocycles. The molecule has 58 heavy (non-hydrogen) atoms. The summed E-state index contributed by atoms with van der Waals surface area (Å²) in [6.45, 7) is -0.157. The Hall–Kier alpha value is -5.42. The van der Waals surface area contributed by atoms with Gasteiger partial charge in [0.25, 0.3) is 11.8 Å². The highest BCUT2D eigenvalue weighted by atomic mass is 32.2. The van der Waals surface area contributed by atoms with Crippen molar-refractivity contribution in [3.63, 3.8) is 0 Å². The van der Waals surface area contributed by atoms with E-state index in [9.17, 15) is 36.8 Å². The van der Waals surface area contributed by atoms with Crippen LogP contribution in [0.3, 0.4) is 0 Å². The van der Waals surface area contributed by atoms with Crippen molar-refractivity contribution in [2.45, 2.75) is 86.7 Å². The monoisotopic (exact) mass is 830 g/mol. The van der Waals surface area contributed by atoms with Gasteiger partial charge in [-0.05, 0) is 67.0 Å². The number of thiophene rings is 1. The highest BCUT2D eigenvalue weighted by Gasteiger charge is 2.62. The fourth-order valence-corrected chi connectivity index (χ4v) is 10.2. The van der Waals surface area contributed by atoms with Crippen LogP contribution in [0, 0.1) is 11.7 Å². The first-order chi connectivity index (χ1) is 27.9. The molecule has 4 heterocycles. The predicted molar refractivity (Wildman–Crippen MR) is 214 cm³/mol. The smallest absolute Gasteiger partial charge is 0.310 e. The van der Waals surface area contributed by atoms with Crippen LogP contribution in [0.4, 0.5) is 4.39 Å². The number of amides is 4. The number of ether oxygens (including phenoxy) is 1. The van der Waals surface area contributed by atoms with Crippen molar-refractivity contribution in [2.24, 2.45) is 5.92 Å². The maximum absolute atomic E-state index is 14.8. The van der Waals surface area contributed by atoms with E-state index in [1.165, 1.54) is 35.6 Å². The molecule has 17 heteroatoms. The van der Waals surface area contributed by atoms with Gasteiger partial charge in [0.15, 0.2) is 5.75 Å². The van der Waals surface area contributed by atoms with E-state index in [0.29, 0.717) is 52.5 Å². The van der Waals surface area contributed by atoms with E-state index in [-0.39, 0.29) is 31.6 Å². The van der Waals surface area contributed by atoms with Crippen LogP contribution in [0.1, 0.15) is 73.5 Å². The summed E-state index contributed by atoms with van der Waals surface area (Å²) in [5.41, 5.74) is -1.39. The molecular weight excluding hydrogens is 788 g/mol. The van der Waals surface area contributed by atoms with Crippen molar-refractivity contribution in [2.75, 3.05) is 13.7 Å². The van der Waals surface area contributed by atoms with Gasteiger partial charge in [0.2, 0.25) is 21.8 Å². The van der Waals surface area contributed by atoms with Gasteiger partial charge in [-0.2, -0.15) is 5.10 Å². The van der Waals surface area contributed by atoms with Crippen LogP contribution in [0.2, 0.25) is 0 Å². The van der Waals surface area contributed by atoms with Crippen molar-refractivity contribution in [3.05, 3.63) is 93.3 Å². The molecule has 2 aliphatic carbocycles. The summed E-state index contributed by atoms with van der Waals surface area (Å²) in [7, 11) is -2.61. The van der Waals surface area contributed by atoms with Crippen LogP contribution in [-0.2, 0) is 24.4 Å². The number of rotatable bonds is 8. The zero-order valence-corrected chi connectivity index (χ0v) is 33.3. The fraction of sp³-hybridized carbons (Fsp3) is 0.415. The molecule has 0 spiro atoms. The number of nitrogens with one attached hydrogen (secondary N) is 3. The largest absolute Gasteiger partial charge is 0.491 e. The number of nitrogens with zero attached hydrogens (tertiary/aromatic N) is 3. The van der Waals surface area contributed by atoms with Crippen LogP contribution in [0.15, 0.2) is 77.1 Å². The van der Waals surface area contributed by atoms with Gasteiger partial charge in [0, 0.05) is 24.3 Å². The molecule has 4 unspecified atom stereocenters. The number of methoxy groups -OCH3 is 1. The highest BCUT2D eigenvalue weighted by molar-refractivity contribution is 7.91. The first-order valence-corrected chi connectivity index (χ1v) is 21.9. The third kappa shape index (κ3) is 7.52. The summed E-state index contributed by atoms with van der Waals surface area (Å²) < 4.78 is 49.5. The maximum atomic E-state index is 14.8. The molecule has 4 aliphatic rings. The number of allylic oxidation sites excluding steroid dienone is 1. The second-order valence-electron chi connectivity index (χ2n) is 15.4. The lowest BCUT2D eigenvalue weighted by Crippen LogP contribution is -2.58. The third-order valence-corrected chi connectivity index (χ3v) is 14.3. The standard InChI is InChI=1S/C41H43FN6O8S2/c1-56-35-30(28-11-7-13-29-27(28)12-8-14-31(29)42)22-43-48(39(35)52)25-20-33-36(49)45-41(40(53)46-58(54,55)26-17-18-26)21-24(41)10-5-3-2-4-6-15-32(38(51)47(33)23-25)44-37(50)34-16-9-19-57-34/h5,7-14,16,19,22,24-26,32-33H,2-4,6,15,17-18,20-21,23H2,1H3,(H,44,50)(H,45,49)(H,46,53)/b10-5-/t24?,25?,32?,33-,41?/m0/s1. The van der Waals surface area contributed by atoms with Crippen LogP contribution < -0.4 is 25.7 Å². The van der Waals surface area contributed by atoms with E-state index in [0.717, 1.165) is 17.5 Å². The van der Waals surface area contributed by atoms with Gasteiger partial charge in [-0.1, -0.05) is 61.4 Å². The topological polar surface area (TPSA) is 186 Å². The number of carbonyl (C=O) groups excluding carboxylic acids is 4. The Morgan fingerprint density at radius 3 is 2.55 bits per heavy atom. The number of carbonyl (C=O) groups is 4. The van der Waals surface area contributed by atoms with Crippen molar-refractivity contribution in [3.8, 4) is 16.9 Å². The molecule has 2 aromatic carbocycles. The summed E-state index contributed by atoms with van der Waals surface area (Å²) in [6.07, 6.45) is 9.16. The molecule has 3 fully saturated rings. The molecule has 14 nitrogen and oxygen atoms in total. The number of benzene rings is 2. The SMILES string of the molecule is COc1c(-c2cccc3c(F)cccc23)cnn(C2C[C@H]3C(=O)NC4(C(=O)NS(=O)(=O)C5CC5)CC4/C=C\CCCCCC(NC(=O)c4cccs4)C(=O)N3C2)c1=O. The third-order valence-electron chi connectivity index (χ3n) is 11.6. The fourth-order valence-electron chi connectivity index (χ4n) is 8.20. The molecule has 304 valence electrons. The van der Waals surface area contributed by atoms with Crippen LogP contribution >= 0.6 is 11.3 Å². The normalized spacial score (nSPS) is 25.7. The Morgan fingerprint density at radius 2 is 1.79 bits per heavy atom. The van der Waals surface area contributed by atoms with Gasteiger partial charge in [0.05, 0.1) is 35.0 Å². The first-order valence-electron chi connectivity index (χ1n) is 19.4. The minimum absolute atomic E-state index is 0.0758. The first kappa shape index (κ1) is 39.4. The molecule has 3 N–H and O–H groups in total. The second-order valence-corrected chi connectivity index (χ2v) is 18.3. The van der Waals surface area contributed by atoms with Gasteiger partial charge < -0.3 is 20.3 Å². The molecule has 0 radical (unpaired) electrons. The summed E-state index contributed by atoms with van der Waals surface area (Å²) >= 11 is 1.22. The Balaban J connectivity index is 1.15. The minimum atomic E-state index is -3.94.